The molecule has 2 aromatic heterocycles. The topological polar surface area (TPSA) is 188 Å². The third-order valence-electron chi connectivity index (χ3n) is 6.86. The fourth-order valence-electron chi connectivity index (χ4n) is 4.54. The van der Waals surface area contributed by atoms with Crippen LogP contribution < -0.4 is 11.1 Å². The van der Waals surface area contributed by atoms with Gasteiger partial charge >= 0.3 is 11.9 Å². The Kier molecular flexibility index (Phi) is 16.7. The molecule has 15 nitrogen and oxygen atoms in total. The van der Waals surface area contributed by atoms with Crippen molar-refractivity contribution in [1.29, 1.82) is 0 Å². The summed E-state index contributed by atoms with van der Waals surface area (Å²) >= 11 is 4.02. The highest BCUT2D eigenvalue weighted by Gasteiger charge is 2.54. The highest BCUT2D eigenvalue weighted by molar-refractivity contribution is 8.01. The maximum absolute atomic E-state index is 13.8. The number of ether oxygens (including phenoxy) is 2. The summed E-state index contributed by atoms with van der Waals surface area (Å²) in [7, 11) is 3.91. The molecule has 4 rings (SSSR count). The molecule has 3 N–H and O–H groups in total. The first-order valence-corrected chi connectivity index (χ1v) is 17.6. The molecule has 2 amide bonds. The summed E-state index contributed by atoms with van der Waals surface area (Å²) in [5, 5.41) is 16.9. The third kappa shape index (κ3) is 10.9. The number of hydrogen-bond donors (Lipinski definition) is 2. The van der Waals surface area contributed by atoms with Crippen LogP contribution >= 0.6 is 59.7 Å². The van der Waals surface area contributed by atoms with E-state index in [4.69, 9.17) is 15.2 Å². The standard InChI is InChI=1S/C27H39N9O6S3.2ClH/c1-5-7-9-19(38)41-20(8-6-2)42-25(40)22-16(14-45-27-31-32-33-35(27)11-10-34(3)4)13-43-24-21(23(39)36(22)24)30-18(37)12-17-15-44-26(28)29-17;;/h15,20-21,24H,5-14H2,1-4H3,(H2,28,29)(H,30,37);2*1H/t20?,21-,24+;;/m1../s1. The summed E-state index contributed by atoms with van der Waals surface area (Å²) < 4.78 is 12.9. The fraction of sp³-hybridized carbons (Fsp3) is 0.630. The first-order chi connectivity index (χ1) is 21.6. The van der Waals surface area contributed by atoms with Gasteiger partial charge in [-0.25, -0.2) is 14.5 Å². The van der Waals surface area contributed by atoms with Crippen LogP contribution in [0.2, 0.25) is 0 Å². The van der Waals surface area contributed by atoms with Crippen LogP contribution in [0.25, 0.3) is 0 Å². The van der Waals surface area contributed by atoms with Crippen molar-refractivity contribution in [2.24, 2.45) is 0 Å². The number of anilines is 1. The van der Waals surface area contributed by atoms with Gasteiger partial charge < -0.3 is 25.4 Å². The molecule has 1 saturated heterocycles. The van der Waals surface area contributed by atoms with Gasteiger partial charge in [0.2, 0.25) is 17.4 Å². The van der Waals surface area contributed by atoms with Crippen molar-refractivity contribution in [2.75, 3.05) is 37.9 Å². The number of fused-ring (bicyclic) bond motifs is 1. The average Bonchev–Trinajstić information content (AvgIpc) is 3.63. The van der Waals surface area contributed by atoms with Gasteiger partial charge in [-0.3, -0.25) is 19.3 Å². The van der Waals surface area contributed by atoms with Gasteiger partial charge in [0.1, 0.15) is 17.1 Å². The van der Waals surface area contributed by atoms with E-state index in [-0.39, 0.29) is 49.3 Å². The van der Waals surface area contributed by atoms with Crippen LogP contribution in [0, 0.1) is 0 Å². The molecule has 2 aliphatic heterocycles. The Morgan fingerprint density at radius 1 is 1.21 bits per heavy atom. The lowest BCUT2D eigenvalue weighted by molar-refractivity contribution is -0.188. The number of β-lactam (4-membered cyclic amide) rings is 1. The summed E-state index contributed by atoms with van der Waals surface area (Å²) in [4.78, 5) is 59.8. The molecular formula is C27H41Cl2N9O6S3. The molecule has 0 spiro atoms. The molecule has 0 aromatic carbocycles. The van der Waals surface area contributed by atoms with E-state index >= 15 is 0 Å². The summed E-state index contributed by atoms with van der Waals surface area (Å²) in [6.45, 7) is 5.17. The molecule has 20 heteroatoms. The minimum Gasteiger partial charge on any atom is -0.425 e. The fourth-order valence-corrected chi connectivity index (χ4v) is 7.49. The van der Waals surface area contributed by atoms with Gasteiger partial charge in [0.15, 0.2) is 5.13 Å². The number of nitrogens with two attached hydrogens (primary N) is 1. The van der Waals surface area contributed by atoms with Crippen molar-refractivity contribution in [2.45, 2.75) is 81.8 Å². The predicted molar refractivity (Wildman–Crippen MR) is 184 cm³/mol. The Morgan fingerprint density at radius 2 is 1.98 bits per heavy atom. The summed E-state index contributed by atoms with van der Waals surface area (Å²) in [5.41, 5.74) is 6.93. The number of rotatable bonds is 17. The minimum atomic E-state index is -1.09. The van der Waals surface area contributed by atoms with Crippen molar-refractivity contribution in [1.82, 2.24) is 40.3 Å². The van der Waals surface area contributed by atoms with E-state index in [1.54, 1.807) is 10.1 Å². The maximum Gasteiger partial charge on any atom is 0.358 e. The van der Waals surface area contributed by atoms with Gasteiger partial charge in [0.25, 0.3) is 5.91 Å². The quantitative estimate of drug-likeness (QED) is 0.104. The number of thioether (sulfide) groups is 2. The van der Waals surface area contributed by atoms with E-state index in [1.165, 1.54) is 39.8 Å². The smallest absolute Gasteiger partial charge is 0.358 e. The SMILES string of the molecule is CCCCC(=O)OC(CCC)OC(=O)C1=C(CSc2nnnn2CCN(C)C)CS[C@H]2[C@H](NC(=O)Cc3csc(N)n3)C(=O)N12.Cl.Cl. The zero-order valence-corrected chi connectivity index (χ0v) is 30.7. The number of aromatic nitrogens is 5. The van der Waals surface area contributed by atoms with Crippen molar-refractivity contribution in [3.05, 3.63) is 22.3 Å². The molecule has 4 heterocycles. The Bertz CT molecular complexity index is 1410. The monoisotopic (exact) mass is 753 g/mol. The molecule has 1 fully saturated rings. The van der Waals surface area contributed by atoms with E-state index < -0.39 is 35.6 Å². The molecule has 262 valence electrons. The number of amides is 2. The van der Waals surface area contributed by atoms with Crippen LogP contribution in [-0.2, 0) is 41.6 Å². The number of esters is 2. The summed E-state index contributed by atoms with van der Waals surface area (Å²) in [6, 6.07) is -0.827. The van der Waals surface area contributed by atoms with Crippen molar-refractivity contribution in [3.8, 4) is 0 Å². The number of nitrogen functional groups attached to an aromatic ring is 1. The largest absolute Gasteiger partial charge is 0.425 e. The Morgan fingerprint density at radius 3 is 2.64 bits per heavy atom. The molecule has 0 aliphatic carbocycles. The normalized spacial score (nSPS) is 17.6. The molecular weight excluding hydrogens is 713 g/mol. The van der Waals surface area contributed by atoms with Crippen LogP contribution in [0.3, 0.4) is 0 Å². The zero-order chi connectivity index (χ0) is 32.5. The number of halogens is 2. The molecule has 47 heavy (non-hydrogen) atoms. The van der Waals surface area contributed by atoms with E-state index in [9.17, 15) is 19.2 Å². The molecule has 0 bridgehead atoms. The molecule has 2 aromatic rings. The Labute approximate surface area is 298 Å². The van der Waals surface area contributed by atoms with Gasteiger partial charge in [-0.05, 0) is 42.9 Å². The molecule has 1 unspecified atom stereocenters. The zero-order valence-electron chi connectivity index (χ0n) is 26.6. The van der Waals surface area contributed by atoms with E-state index in [1.807, 2.05) is 32.8 Å². The van der Waals surface area contributed by atoms with Crippen molar-refractivity contribution in [3.63, 3.8) is 0 Å². The number of thiazole rings is 1. The average molecular weight is 755 g/mol. The molecule has 0 saturated carbocycles. The van der Waals surface area contributed by atoms with Crippen LogP contribution in [0.15, 0.2) is 21.8 Å². The van der Waals surface area contributed by atoms with Gasteiger partial charge in [-0.2, -0.15) is 0 Å². The molecule has 0 radical (unpaired) electrons. The molecule has 3 atom stereocenters. The maximum atomic E-state index is 13.8. The highest BCUT2D eigenvalue weighted by Crippen LogP contribution is 2.42. The summed E-state index contributed by atoms with van der Waals surface area (Å²) in [5.74, 6) is -1.31. The number of likely N-dealkylation sites (N-methyl/N-ethyl adjacent to an activating group) is 1. The Balaban J connectivity index is 0.00000384. The van der Waals surface area contributed by atoms with E-state index in [0.717, 1.165) is 13.0 Å². The number of tetrazole rings is 1. The van der Waals surface area contributed by atoms with Gasteiger partial charge in [0, 0.05) is 36.3 Å². The van der Waals surface area contributed by atoms with Gasteiger partial charge in [-0.1, -0.05) is 32.0 Å². The summed E-state index contributed by atoms with van der Waals surface area (Å²) in [6.07, 6.45) is 1.52. The minimum absolute atomic E-state index is 0. The number of nitrogens with zero attached hydrogens (tertiary/aromatic N) is 7. The number of unbranched alkanes of at least 4 members (excludes halogenated alkanes) is 1. The van der Waals surface area contributed by atoms with Crippen LogP contribution in [0.4, 0.5) is 5.13 Å². The van der Waals surface area contributed by atoms with Crippen LogP contribution in [-0.4, -0.2) is 109 Å². The number of nitrogens with one attached hydrogen (secondary N) is 1. The van der Waals surface area contributed by atoms with Crippen molar-refractivity contribution < 1.29 is 28.7 Å². The second-order valence-electron chi connectivity index (χ2n) is 10.8. The van der Waals surface area contributed by atoms with E-state index in [2.05, 4.69) is 25.8 Å². The van der Waals surface area contributed by atoms with Crippen LogP contribution in [0.5, 0.6) is 0 Å². The number of hydrogen-bond acceptors (Lipinski definition) is 15. The lowest BCUT2D eigenvalue weighted by Crippen LogP contribution is -2.70. The second kappa shape index (κ2) is 19.4. The van der Waals surface area contributed by atoms with E-state index in [0.29, 0.717) is 58.9 Å². The van der Waals surface area contributed by atoms with Crippen LogP contribution in [0.1, 0.15) is 51.6 Å². The lowest BCUT2D eigenvalue weighted by atomic mass is 10.0. The van der Waals surface area contributed by atoms with Gasteiger partial charge in [0.05, 0.1) is 18.7 Å². The predicted octanol–water partition coefficient (Wildman–Crippen LogP) is 2.51. The highest BCUT2D eigenvalue weighted by atomic mass is 35.5. The van der Waals surface area contributed by atoms with Gasteiger partial charge in [-0.15, -0.1) is 53.0 Å². The Hall–Kier alpha value is -2.64. The first-order valence-electron chi connectivity index (χ1n) is 14.7. The third-order valence-corrected chi connectivity index (χ3v) is 9.97. The molecule has 2 aliphatic rings. The number of carbonyl (C=O) groups is 4. The number of carbonyl (C=O) groups excluding carboxylic acids is 4. The first kappa shape index (κ1) is 40.5. The van der Waals surface area contributed by atoms with Crippen molar-refractivity contribution >= 4 is 88.6 Å². The second-order valence-corrected chi connectivity index (χ2v) is 13.7. The lowest BCUT2D eigenvalue weighted by Gasteiger charge is -2.49.